The molecule has 0 bridgehead atoms. The highest BCUT2D eigenvalue weighted by Gasteiger charge is 2.22. The molecule has 1 saturated carbocycles. The van der Waals surface area contributed by atoms with Gasteiger partial charge in [-0.05, 0) is 38.5 Å². The molecule has 0 saturated heterocycles. The fourth-order valence-electron chi connectivity index (χ4n) is 2.27. The number of rotatable bonds is 5. The molecule has 0 amide bonds. The monoisotopic (exact) mass is 216 g/mol. The highest BCUT2D eigenvalue weighted by molar-refractivity contribution is 7.98. The summed E-state index contributed by atoms with van der Waals surface area (Å²) in [6.07, 6.45) is 7.25. The third kappa shape index (κ3) is 3.79. The molecule has 0 aromatic heterocycles. The van der Waals surface area contributed by atoms with Gasteiger partial charge in [-0.1, -0.05) is 6.92 Å². The van der Waals surface area contributed by atoms with Crippen molar-refractivity contribution in [3.8, 4) is 0 Å². The molecule has 84 valence electrons. The normalized spacial score (nSPS) is 28.3. The Morgan fingerprint density at radius 1 is 1.29 bits per heavy atom. The molecule has 0 unspecified atom stereocenters. The summed E-state index contributed by atoms with van der Waals surface area (Å²) in [6, 6.07) is 1.29. The van der Waals surface area contributed by atoms with Gasteiger partial charge in [0.25, 0.3) is 0 Å². The number of nitrogens with two attached hydrogens (primary N) is 1. The first-order chi connectivity index (χ1) is 6.77. The molecule has 14 heavy (non-hydrogen) atoms. The van der Waals surface area contributed by atoms with Crippen LogP contribution in [-0.4, -0.2) is 42.1 Å². The Morgan fingerprint density at radius 3 is 2.43 bits per heavy atom. The maximum atomic E-state index is 5.92. The van der Waals surface area contributed by atoms with Crippen LogP contribution in [0, 0.1) is 0 Å². The first kappa shape index (κ1) is 12.3. The van der Waals surface area contributed by atoms with Crippen LogP contribution in [0.5, 0.6) is 0 Å². The van der Waals surface area contributed by atoms with Gasteiger partial charge in [0.2, 0.25) is 0 Å². The Kier molecular flexibility index (Phi) is 5.90. The lowest BCUT2D eigenvalue weighted by molar-refractivity contribution is 0.166. The van der Waals surface area contributed by atoms with E-state index in [1.54, 1.807) is 0 Å². The van der Waals surface area contributed by atoms with Crippen molar-refractivity contribution in [3.05, 3.63) is 0 Å². The lowest BCUT2D eigenvalue weighted by atomic mass is 9.91. The van der Waals surface area contributed by atoms with E-state index in [0.29, 0.717) is 6.04 Å². The lowest BCUT2D eigenvalue weighted by Crippen LogP contribution is -2.41. The van der Waals surface area contributed by atoms with Crippen LogP contribution in [-0.2, 0) is 0 Å². The van der Waals surface area contributed by atoms with Crippen molar-refractivity contribution >= 4 is 11.8 Å². The Morgan fingerprint density at radius 2 is 1.93 bits per heavy atom. The largest absolute Gasteiger partial charge is 0.328 e. The second kappa shape index (κ2) is 6.70. The van der Waals surface area contributed by atoms with Crippen molar-refractivity contribution in [3.63, 3.8) is 0 Å². The predicted molar refractivity (Wildman–Crippen MR) is 65.9 cm³/mol. The molecule has 0 atom stereocenters. The number of thioether (sulfide) groups is 1. The topological polar surface area (TPSA) is 29.3 Å². The highest BCUT2D eigenvalue weighted by atomic mass is 32.2. The van der Waals surface area contributed by atoms with Gasteiger partial charge in [-0.15, -0.1) is 0 Å². The fourth-order valence-corrected chi connectivity index (χ4v) is 2.69. The van der Waals surface area contributed by atoms with Crippen molar-refractivity contribution in [1.82, 2.24) is 4.90 Å². The van der Waals surface area contributed by atoms with Crippen molar-refractivity contribution in [2.75, 3.05) is 25.1 Å². The van der Waals surface area contributed by atoms with Gasteiger partial charge in [-0.2, -0.15) is 11.8 Å². The smallest absolute Gasteiger partial charge is 0.00966 e. The zero-order chi connectivity index (χ0) is 10.4. The van der Waals surface area contributed by atoms with Crippen molar-refractivity contribution in [1.29, 1.82) is 0 Å². The van der Waals surface area contributed by atoms with Gasteiger partial charge in [-0.3, -0.25) is 4.90 Å². The number of hydrogen-bond acceptors (Lipinski definition) is 3. The minimum Gasteiger partial charge on any atom is -0.328 e. The number of hydrogen-bond donors (Lipinski definition) is 1. The summed E-state index contributed by atoms with van der Waals surface area (Å²) in [5.74, 6) is 1.26. The van der Waals surface area contributed by atoms with Gasteiger partial charge in [-0.25, -0.2) is 0 Å². The van der Waals surface area contributed by atoms with Crippen LogP contribution in [0.1, 0.15) is 32.6 Å². The summed E-state index contributed by atoms with van der Waals surface area (Å²) in [6.45, 7) is 4.72. The van der Waals surface area contributed by atoms with Crippen LogP contribution in [0.3, 0.4) is 0 Å². The summed E-state index contributed by atoms with van der Waals surface area (Å²) in [5, 5.41) is 0. The third-order valence-electron chi connectivity index (χ3n) is 3.25. The average molecular weight is 216 g/mol. The van der Waals surface area contributed by atoms with Crippen molar-refractivity contribution in [2.24, 2.45) is 5.73 Å². The minimum absolute atomic E-state index is 0.477. The summed E-state index contributed by atoms with van der Waals surface area (Å²) >= 11 is 1.94. The van der Waals surface area contributed by atoms with Crippen LogP contribution in [0.4, 0.5) is 0 Å². The maximum Gasteiger partial charge on any atom is 0.00966 e. The third-order valence-corrected chi connectivity index (χ3v) is 3.84. The number of nitrogens with zero attached hydrogens (tertiary/aromatic N) is 1. The SMILES string of the molecule is CCN(CCSC)C1CCC(N)CC1. The maximum absolute atomic E-state index is 5.92. The van der Waals surface area contributed by atoms with Crippen LogP contribution < -0.4 is 5.73 Å². The molecule has 0 aromatic rings. The van der Waals surface area contributed by atoms with E-state index in [1.807, 2.05) is 11.8 Å². The highest BCUT2D eigenvalue weighted by Crippen LogP contribution is 2.21. The molecule has 1 rings (SSSR count). The molecule has 3 heteroatoms. The Labute approximate surface area is 92.6 Å². The van der Waals surface area contributed by atoms with E-state index in [2.05, 4.69) is 18.1 Å². The van der Waals surface area contributed by atoms with E-state index in [4.69, 9.17) is 5.73 Å². The van der Waals surface area contributed by atoms with E-state index in [0.717, 1.165) is 6.04 Å². The second-order valence-corrected chi connectivity index (χ2v) is 5.18. The lowest BCUT2D eigenvalue weighted by Gasteiger charge is -2.35. The van der Waals surface area contributed by atoms with Crippen molar-refractivity contribution in [2.45, 2.75) is 44.7 Å². The van der Waals surface area contributed by atoms with Gasteiger partial charge < -0.3 is 5.73 Å². The molecule has 0 aromatic carbocycles. The standard InChI is InChI=1S/C11H24N2S/c1-3-13(8-9-14-2)11-6-4-10(12)5-7-11/h10-11H,3-9,12H2,1-2H3. The van der Waals surface area contributed by atoms with Crippen LogP contribution in [0.15, 0.2) is 0 Å². The van der Waals surface area contributed by atoms with Gasteiger partial charge in [0.05, 0.1) is 0 Å². The van der Waals surface area contributed by atoms with E-state index in [-0.39, 0.29) is 0 Å². The van der Waals surface area contributed by atoms with Gasteiger partial charge >= 0.3 is 0 Å². The molecule has 0 radical (unpaired) electrons. The Hall–Kier alpha value is 0.270. The summed E-state index contributed by atoms with van der Waals surface area (Å²) < 4.78 is 0. The van der Waals surface area contributed by atoms with Crippen LogP contribution >= 0.6 is 11.8 Å². The Bertz CT molecular complexity index is 141. The van der Waals surface area contributed by atoms with Crippen molar-refractivity contribution < 1.29 is 0 Å². The summed E-state index contributed by atoms with van der Waals surface area (Å²) in [7, 11) is 0. The fraction of sp³-hybridized carbons (Fsp3) is 1.00. The minimum atomic E-state index is 0.477. The molecule has 2 N–H and O–H groups in total. The molecular formula is C11H24N2S. The molecule has 0 spiro atoms. The van der Waals surface area contributed by atoms with E-state index < -0.39 is 0 Å². The van der Waals surface area contributed by atoms with Gasteiger partial charge in [0.1, 0.15) is 0 Å². The summed E-state index contributed by atoms with van der Waals surface area (Å²) in [4.78, 5) is 2.63. The molecule has 0 heterocycles. The molecule has 2 nitrogen and oxygen atoms in total. The first-order valence-electron chi connectivity index (χ1n) is 5.76. The zero-order valence-electron chi connectivity index (χ0n) is 9.54. The summed E-state index contributed by atoms with van der Waals surface area (Å²) in [5.41, 5.74) is 5.92. The van der Waals surface area contributed by atoms with Gasteiger partial charge in [0.15, 0.2) is 0 Å². The molecule has 1 aliphatic rings. The predicted octanol–water partition coefficient (Wildman–Crippen LogP) is 1.94. The molecule has 1 aliphatic carbocycles. The van der Waals surface area contributed by atoms with E-state index in [9.17, 15) is 0 Å². The quantitative estimate of drug-likeness (QED) is 0.761. The zero-order valence-corrected chi connectivity index (χ0v) is 10.4. The Balaban J connectivity index is 2.29. The van der Waals surface area contributed by atoms with E-state index in [1.165, 1.54) is 44.5 Å². The first-order valence-corrected chi connectivity index (χ1v) is 7.15. The van der Waals surface area contributed by atoms with Crippen LogP contribution in [0.25, 0.3) is 0 Å². The van der Waals surface area contributed by atoms with E-state index >= 15 is 0 Å². The van der Waals surface area contributed by atoms with Crippen LogP contribution in [0.2, 0.25) is 0 Å². The average Bonchev–Trinajstić information content (AvgIpc) is 2.21. The molecule has 0 aliphatic heterocycles. The van der Waals surface area contributed by atoms with Gasteiger partial charge in [0, 0.05) is 24.4 Å². The molecular weight excluding hydrogens is 192 g/mol. The molecule has 1 fully saturated rings. The second-order valence-electron chi connectivity index (χ2n) is 4.19.